The van der Waals surface area contributed by atoms with Crippen LogP contribution in [-0.2, 0) is 9.53 Å². The summed E-state index contributed by atoms with van der Waals surface area (Å²) in [5, 5.41) is 1.18. The third-order valence-electron chi connectivity index (χ3n) is 3.22. The number of para-hydroxylation sites is 1. The predicted octanol–water partition coefficient (Wildman–Crippen LogP) is 2.59. The van der Waals surface area contributed by atoms with Gasteiger partial charge in [0.15, 0.2) is 0 Å². The van der Waals surface area contributed by atoms with Crippen LogP contribution in [0.1, 0.15) is 25.0 Å². The standard InChI is InChI=1S/C13H13NO2/c1-8-10(7-13(15)16-8)12-6-9-4-2-3-5-11(9)14-12/h2-6,8,10,14H,7H2,1H3/t8?,10-/m0/s1. The Morgan fingerprint density at radius 3 is 2.88 bits per heavy atom. The van der Waals surface area contributed by atoms with E-state index >= 15 is 0 Å². The average Bonchev–Trinajstić information content (AvgIpc) is 2.81. The SMILES string of the molecule is CC1OC(=O)C[C@@H]1c1cc2ccccc2[nH]1. The molecule has 0 radical (unpaired) electrons. The summed E-state index contributed by atoms with van der Waals surface area (Å²) in [6.45, 7) is 1.95. The summed E-state index contributed by atoms with van der Waals surface area (Å²) in [7, 11) is 0. The molecule has 82 valence electrons. The number of aromatic nitrogens is 1. The van der Waals surface area contributed by atoms with Crippen LogP contribution in [0, 0.1) is 0 Å². The zero-order valence-corrected chi connectivity index (χ0v) is 9.07. The van der Waals surface area contributed by atoms with Gasteiger partial charge in [-0.25, -0.2) is 0 Å². The molecule has 3 heteroatoms. The van der Waals surface area contributed by atoms with Gasteiger partial charge in [0.05, 0.1) is 6.42 Å². The zero-order chi connectivity index (χ0) is 11.1. The highest BCUT2D eigenvalue weighted by Crippen LogP contribution is 2.32. The molecule has 1 aromatic carbocycles. The summed E-state index contributed by atoms with van der Waals surface area (Å²) in [5.41, 5.74) is 2.21. The second-order valence-electron chi connectivity index (χ2n) is 4.32. The Labute approximate surface area is 93.4 Å². The Bertz CT molecular complexity index is 511. The van der Waals surface area contributed by atoms with Crippen molar-refractivity contribution in [2.75, 3.05) is 0 Å². The van der Waals surface area contributed by atoms with Gasteiger partial charge in [0.25, 0.3) is 0 Å². The highest BCUT2D eigenvalue weighted by atomic mass is 16.5. The molecule has 1 aliphatic rings. The smallest absolute Gasteiger partial charge is 0.306 e. The van der Waals surface area contributed by atoms with Gasteiger partial charge < -0.3 is 9.72 Å². The topological polar surface area (TPSA) is 42.1 Å². The molecule has 1 aliphatic heterocycles. The van der Waals surface area contributed by atoms with E-state index in [0.29, 0.717) is 6.42 Å². The monoisotopic (exact) mass is 215 g/mol. The summed E-state index contributed by atoms with van der Waals surface area (Å²) >= 11 is 0. The molecule has 1 N–H and O–H groups in total. The lowest BCUT2D eigenvalue weighted by atomic mass is 9.99. The summed E-state index contributed by atoms with van der Waals surface area (Å²) < 4.78 is 5.17. The quantitative estimate of drug-likeness (QED) is 0.743. The first-order chi connectivity index (χ1) is 7.74. The number of rotatable bonds is 1. The molecule has 0 bridgehead atoms. The number of benzene rings is 1. The number of carbonyl (C=O) groups excluding carboxylic acids is 1. The van der Waals surface area contributed by atoms with Crippen LogP contribution in [0.3, 0.4) is 0 Å². The minimum atomic E-state index is -0.101. The number of fused-ring (bicyclic) bond motifs is 1. The molecular formula is C13H13NO2. The molecule has 2 aromatic rings. The molecule has 3 nitrogen and oxygen atoms in total. The largest absolute Gasteiger partial charge is 0.462 e. The summed E-state index contributed by atoms with van der Waals surface area (Å²) in [6, 6.07) is 10.2. The number of esters is 1. The minimum Gasteiger partial charge on any atom is -0.462 e. The van der Waals surface area contributed by atoms with E-state index in [1.165, 1.54) is 5.39 Å². The first-order valence-corrected chi connectivity index (χ1v) is 5.51. The van der Waals surface area contributed by atoms with E-state index in [1.54, 1.807) is 0 Å². The van der Waals surface area contributed by atoms with Crippen molar-refractivity contribution in [3.63, 3.8) is 0 Å². The number of ether oxygens (including phenoxy) is 1. The van der Waals surface area contributed by atoms with Crippen LogP contribution in [0.25, 0.3) is 10.9 Å². The Hall–Kier alpha value is -1.77. The summed E-state index contributed by atoms with van der Waals surface area (Å²) in [6.07, 6.45) is 0.453. The molecular weight excluding hydrogens is 202 g/mol. The molecule has 1 unspecified atom stereocenters. The molecule has 2 heterocycles. The minimum absolute atomic E-state index is 0.0273. The van der Waals surface area contributed by atoms with Crippen LogP contribution >= 0.6 is 0 Å². The van der Waals surface area contributed by atoms with Gasteiger partial charge in [-0.1, -0.05) is 18.2 Å². The van der Waals surface area contributed by atoms with Gasteiger partial charge in [0, 0.05) is 17.1 Å². The predicted molar refractivity (Wildman–Crippen MR) is 61.2 cm³/mol. The van der Waals surface area contributed by atoms with Gasteiger partial charge in [0.1, 0.15) is 6.10 Å². The average molecular weight is 215 g/mol. The molecule has 0 aliphatic carbocycles. The van der Waals surface area contributed by atoms with Crippen LogP contribution in [-0.4, -0.2) is 17.1 Å². The van der Waals surface area contributed by atoms with Crippen LogP contribution in [0.5, 0.6) is 0 Å². The van der Waals surface area contributed by atoms with Crippen molar-refractivity contribution in [1.29, 1.82) is 0 Å². The first kappa shape index (κ1) is 9.46. The van der Waals surface area contributed by atoms with Crippen LogP contribution < -0.4 is 0 Å². The van der Waals surface area contributed by atoms with Gasteiger partial charge in [-0.2, -0.15) is 0 Å². The number of aromatic amines is 1. The molecule has 0 amide bonds. The second kappa shape index (κ2) is 3.37. The lowest BCUT2D eigenvalue weighted by Crippen LogP contribution is -2.09. The van der Waals surface area contributed by atoms with Gasteiger partial charge in [-0.15, -0.1) is 0 Å². The number of H-pyrrole nitrogens is 1. The maximum atomic E-state index is 11.2. The van der Waals surface area contributed by atoms with E-state index in [4.69, 9.17) is 4.74 Å². The van der Waals surface area contributed by atoms with Gasteiger partial charge in [-0.3, -0.25) is 4.79 Å². The molecule has 1 saturated heterocycles. The van der Waals surface area contributed by atoms with E-state index < -0.39 is 0 Å². The van der Waals surface area contributed by atoms with E-state index in [-0.39, 0.29) is 18.0 Å². The Balaban J connectivity index is 2.03. The number of cyclic esters (lactones) is 1. The fourth-order valence-corrected chi connectivity index (χ4v) is 2.34. The van der Waals surface area contributed by atoms with Crippen molar-refractivity contribution < 1.29 is 9.53 Å². The Morgan fingerprint density at radius 2 is 2.19 bits per heavy atom. The van der Waals surface area contributed by atoms with Crippen LogP contribution in [0.2, 0.25) is 0 Å². The lowest BCUT2D eigenvalue weighted by molar-refractivity contribution is -0.140. The fraction of sp³-hybridized carbons (Fsp3) is 0.308. The molecule has 3 rings (SSSR count). The second-order valence-corrected chi connectivity index (χ2v) is 4.32. The molecule has 1 aromatic heterocycles. The van der Waals surface area contributed by atoms with Crippen molar-refractivity contribution in [2.24, 2.45) is 0 Å². The van der Waals surface area contributed by atoms with Gasteiger partial charge in [-0.05, 0) is 24.4 Å². The first-order valence-electron chi connectivity index (χ1n) is 5.51. The van der Waals surface area contributed by atoms with Gasteiger partial charge >= 0.3 is 5.97 Å². The Morgan fingerprint density at radius 1 is 1.38 bits per heavy atom. The van der Waals surface area contributed by atoms with Crippen molar-refractivity contribution in [3.05, 3.63) is 36.0 Å². The maximum absolute atomic E-state index is 11.2. The zero-order valence-electron chi connectivity index (χ0n) is 9.07. The number of hydrogen-bond acceptors (Lipinski definition) is 2. The number of carbonyl (C=O) groups is 1. The van der Waals surface area contributed by atoms with Crippen molar-refractivity contribution >= 4 is 16.9 Å². The highest BCUT2D eigenvalue weighted by molar-refractivity contribution is 5.81. The number of nitrogens with one attached hydrogen (secondary N) is 1. The van der Waals surface area contributed by atoms with E-state index in [2.05, 4.69) is 17.1 Å². The molecule has 16 heavy (non-hydrogen) atoms. The molecule has 0 saturated carbocycles. The van der Waals surface area contributed by atoms with E-state index in [1.807, 2.05) is 25.1 Å². The van der Waals surface area contributed by atoms with Crippen molar-refractivity contribution in [3.8, 4) is 0 Å². The lowest BCUT2D eigenvalue weighted by Gasteiger charge is -2.10. The molecule has 1 fully saturated rings. The normalized spacial score (nSPS) is 24.9. The van der Waals surface area contributed by atoms with Crippen molar-refractivity contribution in [1.82, 2.24) is 4.98 Å². The van der Waals surface area contributed by atoms with Crippen LogP contribution in [0.4, 0.5) is 0 Å². The van der Waals surface area contributed by atoms with Gasteiger partial charge in [0.2, 0.25) is 0 Å². The third-order valence-corrected chi connectivity index (χ3v) is 3.22. The Kier molecular flexibility index (Phi) is 1.99. The highest BCUT2D eigenvalue weighted by Gasteiger charge is 2.33. The fourth-order valence-electron chi connectivity index (χ4n) is 2.34. The van der Waals surface area contributed by atoms with Crippen LogP contribution in [0.15, 0.2) is 30.3 Å². The molecule has 0 spiro atoms. The van der Waals surface area contributed by atoms with Crippen molar-refractivity contribution in [2.45, 2.75) is 25.4 Å². The summed E-state index contributed by atoms with van der Waals surface area (Å²) in [5.74, 6) is 0.0658. The van der Waals surface area contributed by atoms with E-state index in [0.717, 1.165) is 11.2 Å². The molecule has 2 atom stereocenters. The maximum Gasteiger partial charge on any atom is 0.306 e. The number of hydrogen-bond donors (Lipinski definition) is 1. The summed E-state index contributed by atoms with van der Waals surface area (Å²) in [4.78, 5) is 14.6. The van der Waals surface area contributed by atoms with E-state index in [9.17, 15) is 4.79 Å². The third kappa shape index (κ3) is 1.40.